The molecule has 0 saturated heterocycles. The molecule has 3 N–H and O–H groups in total. The van der Waals surface area contributed by atoms with Crippen molar-refractivity contribution in [1.82, 2.24) is 25.5 Å². The fourth-order valence-corrected chi connectivity index (χ4v) is 5.62. The Morgan fingerprint density at radius 1 is 1.02 bits per heavy atom. The predicted octanol–water partition coefficient (Wildman–Crippen LogP) is 7.20. The summed E-state index contributed by atoms with van der Waals surface area (Å²) in [6, 6.07) is 11.4. The first-order valence-electron chi connectivity index (χ1n) is 13.5. The Hall–Kier alpha value is -3.38. The van der Waals surface area contributed by atoms with Crippen LogP contribution in [0.2, 0.25) is 10.0 Å². The molecule has 1 amide bonds. The number of carbonyl (C=O) groups is 1. The summed E-state index contributed by atoms with van der Waals surface area (Å²) in [5.74, 6) is 0.192. The molecular formula is C28H33Cl2F3N8O. The molecule has 14 heteroatoms. The Labute approximate surface area is 252 Å². The molecule has 0 spiro atoms. The number of aliphatic imine (C=N–C) groups is 1. The third kappa shape index (κ3) is 9.06. The van der Waals surface area contributed by atoms with Gasteiger partial charge in [0, 0.05) is 33.9 Å². The van der Waals surface area contributed by atoms with Crippen LogP contribution >= 0.6 is 23.2 Å². The molecule has 3 aromatic rings. The molecule has 42 heavy (non-hydrogen) atoms. The maximum absolute atomic E-state index is 13.4. The van der Waals surface area contributed by atoms with Crippen molar-refractivity contribution in [3.05, 3.63) is 63.6 Å². The molecule has 0 radical (unpaired) electrons. The van der Waals surface area contributed by atoms with Crippen molar-refractivity contribution in [2.24, 2.45) is 16.3 Å². The number of aromatic amines is 1. The molecule has 1 saturated carbocycles. The molecule has 226 valence electrons. The van der Waals surface area contributed by atoms with Crippen LogP contribution < -0.4 is 10.6 Å². The van der Waals surface area contributed by atoms with E-state index in [9.17, 15) is 18.0 Å². The van der Waals surface area contributed by atoms with Crippen molar-refractivity contribution in [3.63, 3.8) is 0 Å². The lowest BCUT2D eigenvalue weighted by Gasteiger charge is -2.42. The molecule has 0 bridgehead atoms. The molecular weight excluding hydrogens is 592 g/mol. The van der Waals surface area contributed by atoms with Crippen LogP contribution in [0.3, 0.4) is 0 Å². The first-order valence-corrected chi connectivity index (χ1v) is 14.3. The molecule has 0 atom stereocenters. The third-order valence-electron chi connectivity index (χ3n) is 7.30. The highest BCUT2D eigenvalue weighted by atomic mass is 35.5. The van der Waals surface area contributed by atoms with Gasteiger partial charge in [0.1, 0.15) is 6.54 Å². The van der Waals surface area contributed by atoms with Crippen LogP contribution in [-0.4, -0.2) is 56.2 Å². The topological polar surface area (TPSA) is 111 Å². The minimum atomic E-state index is -4.50. The number of rotatable bonds is 7. The summed E-state index contributed by atoms with van der Waals surface area (Å²) in [5, 5.41) is 19.4. The van der Waals surface area contributed by atoms with Gasteiger partial charge in [-0.2, -0.15) is 18.4 Å². The van der Waals surface area contributed by atoms with E-state index in [4.69, 9.17) is 23.2 Å². The van der Waals surface area contributed by atoms with Crippen LogP contribution in [-0.2, 0) is 6.54 Å². The molecule has 9 nitrogen and oxygen atoms in total. The van der Waals surface area contributed by atoms with Gasteiger partial charge in [-0.25, -0.2) is 4.99 Å². The first-order chi connectivity index (χ1) is 19.8. The van der Waals surface area contributed by atoms with Crippen LogP contribution in [0.4, 0.5) is 24.8 Å². The number of hydrogen-bond acceptors (Lipinski definition) is 5. The second-order valence-electron chi connectivity index (χ2n) is 11.4. The van der Waals surface area contributed by atoms with E-state index in [1.807, 2.05) is 4.90 Å². The van der Waals surface area contributed by atoms with Gasteiger partial charge in [-0.05, 0) is 78.1 Å². The number of halogens is 5. The number of nitrogens with one attached hydrogen (secondary N) is 3. The largest absolute Gasteiger partial charge is 0.408 e. The van der Waals surface area contributed by atoms with Crippen molar-refractivity contribution in [2.45, 2.75) is 65.2 Å². The average molecular weight is 626 g/mol. The van der Waals surface area contributed by atoms with E-state index in [0.29, 0.717) is 27.2 Å². The predicted molar refractivity (Wildman–Crippen MR) is 158 cm³/mol. The number of tetrazole rings is 1. The number of anilines is 2. The maximum atomic E-state index is 13.4. The van der Waals surface area contributed by atoms with Crippen LogP contribution in [0.5, 0.6) is 0 Å². The Kier molecular flexibility index (Phi) is 9.98. The quantitative estimate of drug-likeness (QED) is 0.189. The van der Waals surface area contributed by atoms with Crippen molar-refractivity contribution in [1.29, 1.82) is 0 Å². The lowest BCUT2D eigenvalue weighted by Crippen LogP contribution is -2.46. The Bertz CT molecular complexity index is 1350. The van der Waals surface area contributed by atoms with Gasteiger partial charge < -0.3 is 10.2 Å². The molecule has 1 fully saturated rings. The molecule has 1 aromatic heterocycles. The Morgan fingerprint density at radius 2 is 1.67 bits per heavy atom. The van der Waals surface area contributed by atoms with Gasteiger partial charge in [0.25, 0.3) is 11.9 Å². The van der Waals surface area contributed by atoms with Crippen molar-refractivity contribution >= 4 is 46.7 Å². The number of amides is 1. The zero-order chi connectivity index (χ0) is 30.5. The van der Waals surface area contributed by atoms with E-state index in [1.165, 1.54) is 0 Å². The van der Waals surface area contributed by atoms with E-state index in [2.05, 4.69) is 57.0 Å². The molecule has 4 rings (SSSR count). The molecule has 1 heterocycles. The second-order valence-corrected chi connectivity index (χ2v) is 12.3. The van der Waals surface area contributed by atoms with Gasteiger partial charge in [-0.1, -0.05) is 61.2 Å². The van der Waals surface area contributed by atoms with Gasteiger partial charge in [0.05, 0.1) is 0 Å². The monoisotopic (exact) mass is 624 g/mol. The smallest absolute Gasteiger partial charge is 0.335 e. The zero-order valence-corrected chi connectivity index (χ0v) is 25.0. The zero-order valence-electron chi connectivity index (χ0n) is 23.5. The minimum absolute atomic E-state index is 0.0406. The average Bonchev–Trinajstić information content (AvgIpc) is 3.42. The Morgan fingerprint density at radius 3 is 2.21 bits per heavy atom. The SMILES string of the molecule is CC(C)(C)[C@H]1CC[C@H](N(Cc2ccc(C(=O)Nc3nn[nH]n3)cc2)/C(=N\CC(F)(F)F)Nc2cc(Cl)cc(Cl)c2)CC1. The number of alkyl halides is 3. The molecule has 1 aliphatic rings. The van der Waals surface area contributed by atoms with Gasteiger partial charge in [-0.15, -0.1) is 5.10 Å². The summed E-state index contributed by atoms with van der Waals surface area (Å²) in [7, 11) is 0. The molecule has 0 aliphatic heterocycles. The van der Waals surface area contributed by atoms with E-state index in [1.54, 1.807) is 42.5 Å². The lowest BCUT2D eigenvalue weighted by atomic mass is 9.71. The molecule has 1 aliphatic carbocycles. The number of benzene rings is 2. The van der Waals surface area contributed by atoms with E-state index < -0.39 is 18.6 Å². The summed E-state index contributed by atoms with van der Waals surface area (Å²) >= 11 is 12.4. The summed E-state index contributed by atoms with van der Waals surface area (Å²) in [6.07, 6.45) is -1.04. The van der Waals surface area contributed by atoms with Crippen molar-refractivity contribution in [2.75, 3.05) is 17.2 Å². The van der Waals surface area contributed by atoms with Gasteiger partial charge in [0.2, 0.25) is 0 Å². The molecule has 0 unspecified atom stereocenters. The number of nitrogens with zero attached hydrogens (tertiary/aromatic N) is 5. The summed E-state index contributed by atoms with van der Waals surface area (Å²) in [4.78, 5) is 18.4. The highest BCUT2D eigenvalue weighted by Crippen LogP contribution is 2.39. The standard InChI is InChI=1S/C28H33Cl2F3N8O/c1-27(2,3)19-8-10-23(11-9-19)41(15-17-4-6-18(7-5-17)24(42)36-25-37-39-40-38-25)26(34-16-28(31,32)33)35-22-13-20(29)12-21(30)14-22/h4-7,12-14,19,23H,8-11,15-16H2,1-3H3,(H,34,35)(H2,36,37,38,39,40,42)/t19-,23-. The summed E-state index contributed by atoms with van der Waals surface area (Å²) < 4.78 is 40.2. The van der Waals surface area contributed by atoms with Gasteiger partial charge >= 0.3 is 6.18 Å². The first kappa shape index (κ1) is 31.6. The lowest BCUT2D eigenvalue weighted by molar-refractivity contribution is -0.118. The van der Waals surface area contributed by atoms with E-state index >= 15 is 0 Å². The van der Waals surface area contributed by atoms with Crippen molar-refractivity contribution in [3.8, 4) is 0 Å². The number of H-pyrrole nitrogens is 1. The maximum Gasteiger partial charge on any atom is 0.408 e. The van der Waals surface area contributed by atoms with Crippen LogP contribution in [0.25, 0.3) is 0 Å². The van der Waals surface area contributed by atoms with Crippen LogP contribution in [0, 0.1) is 11.3 Å². The van der Waals surface area contributed by atoms with E-state index in [0.717, 1.165) is 31.2 Å². The second kappa shape index (κ2) is 13.3. The van der Waals surface area contributed by atoms with E-state index in [-0.39, 0.29) is 29.9 Å². The molecule has 2 aromatic carbocycles. The number of carbonyl (C=O) groups excluding carboxylic acids is 1. The number of guanidine groups is 1. The number of aromatic nitrogens is 4. The number of hydrogen-bond donors (Lipinski definition) is 3. The van der Waals surface area contributed by atoms with Gasteiger partial charge in [-0.3, -0.25) is 10.1 Å². The normalized spacial score (nSPS) is 18.0. The van der Waals surface area contributed by atoms with Gasteiger partial charge in [0.15, 0.2) is 5.96 Å². The highest BCUT2D eigenvalue weighted by molar-refractivity contribution is 6.35. The third-order valence-corrected chi connectivity index (χ3v) is 7.74. The van der Waals surface area contributed by atoms with Crippen LogP contribution in [0.1, 0.15) is 62.4 Å². The summed E-state index contributed by atoms with van der Waals surface area (Å²) in [5.41, 5.74) is 1.71. The minimum Gasteiger partial charge on any atom is -0.335 e. The summed E-state index contributed by atoms with van der Waals surface area (Å²) in [6.45, 7) is 5.55. The fourth-order valence-electron chi connectivity index (χ4n) is 5.10. The van der Waals surface area contributed by atoms with Crippen molar-refractivity contribution < 1.29 is 18.0 Å². The highest BCUT2D eigenvalue weighted by Gasteiger charge is 2.34. The Balaban J connectivity index is 1.63. The van der Waals surface area contributed by atoms with Crippen LogP contribution in [0.15, 0.2) is 47.5 Å². The fraction of sp³-hybridized carbons (Fsp3) is 0.464.